The third kappa shape index (κ3) is 2.99. The minimum absolute atomic E-state index is 0.0226. The first-order valence-electron chi connectivity index (χ1n) is 6.05. The van der Waals surface area contributed by atoms with Gasteiger partial charge in [0.05, 0.1) is 16.8 Å². The molecule has 0 aliphatic heterocycles. The van der Waals surface area contributed by atoms with Crippen LogP contribution in [0.1, 0.15) is 22.8 Å². The number of ether oxygens (including phenoxy) is 1. The minimum atomic E-state index is -0.596. The molecule has 0 fully saturated rings. The Labute approximate surface area is 124 Å². The van der Waals surface area contributed by atoms with E-state index < -0.39 is 5.82 Å². The van der Waals surface area contributed by atoms with Gasteiger partial charge in [-0.25, -0.2) is 4.39 Å². The molecule has 5 heteroatoms. The van der Waals surface area contributed by atoms with E-state index in [9.17, 15) is 9.18 Å². The van der Waals surface area contributed by atoms with Crippen LogP contribution in [0.5, 0.6) is 5.75 Å². The van der Waals surface area contributed by atoms with Gasteiger partial charge in [-0.1, -0.05) is 0 Å². The first-order valence-corrected chi connectivity index (χ1v) is 6.84. The second-order valence-electron chi connectivity index (χ2n) is 4.14. The molecule has 0 saturated carbocycles. The number of carbonyl (C=O) groups excluding carboxylic acids is 1. The highest BCUT2D eigenvalue weighted by molar-refractivity contribution is 9.10. The number of nitrogen functional groups attached to an aromatic ring is 1. The van der Waals surface area contributed by atoms with Crippen LogP contribution in [-0.2, 0) is 0 Å². The van der Waals surface area contributed by atoms with Crippen LogP contribution in [0.2, 0.25) is 0 Å². The fourth-order valence-electron chi connectivity index (χ4n) is 1.75. The maximum atomic E-state index is 13.4. The summed E-state index contributed by atoms with van der Waals surface area (Å²) in [5.74, 6) is -0.207. The molecule has 0 spiro atoms. The molecular formula is C15H13BrFNO2. The average molecular weight is 338 g/mol. The van der Waals surface area contributed by atoms with Crippen LogP contribution in [0.25, 0.3) is 0 Å². The van der Waals surface area contributed by atoms with Crippen molar-refractivity contribution in [2.45, 2.75) is 6.92 Å². The molecule has 3 nitrogen and oxygen atoms in total. The number of anilines is 1. The Morgan fingerprint density at radius 1 is 1.25 bits per heavy atom. The van der Waals surface area contributed by atoms with Gasteiger partial charge in [0.15, 0.2) is 5.78 Å². The number of ketones is 1. The second kappa shape index (κ2) is 6.05. The zero-order valence-electron chi connectivity index (χ0n) is 10.8. The van der Waals surface area contributed by atoms with E-state index in [0.29, 0.717) is 22.4 Å². The number of halogens is 2. The molecule has 20 heavy (non-hydrogen) atoms. The highest BCUT2D eigenvalue weighted by Crippen LogP contribution is 2.27. The first-order chi connectivity index (χ1) is 9.52. The second-order valence-corrected chi connectivity index (χ2v) is 5.00. The van der Waals surface area contributed by atoms with Crippen LogP contribution < -0.4 is 10.5 Å². The third-order valence-corrected chi connectivity index (χ3v) is 3.38. The molecule has 2 rings (SSSR count). The van der Waals surface area contributed by atoms with Gasteiger partial charge in [0.25, 0.3) is 0 Å². The van der Waals surface area contributed by atoms with E-state index >= 15 is 0 Å². The Balaban J connectivity index is 2.33. The van der Waals surface area contributed by atoms with Crippen molar-refractivity contribution in [1.29, 1.82) is 0 Å². The summed E-state index contributed by atoms with van der Waals surface area (Å²) in [6.45, 7) is 2.41. The summed E-state index contributed by atoms with van der Waals surface area (Å²) in [6, 6.07) is 9.03. The zero-order chi connectivity index (χ0) is 14.7. The van der Waals surface area contributed by atoms with Crippen molar-refractivity contribution in [2.24, 2.45) is 0 Å². The number of benzene rings is 2. The maximum Gasteiger partial charge on any atom is 0.193 e. The molecule has 0 aromatic heterocycles. The van der Waals surface area contributed by atoms with Gasteiger partial charge in [0.1, 0.15) is 11.6 Å². The molecule has 0 heterocycles. The first kappa shape index (κ1) is 14.5. The van der Waals surface area contributed by atoms with Crippen LogP contribution in [0.4, 0.5) is 10.1 Å². The highest BCUT2D eigenvalue weighted by Gasteiger charge is 2.13. The molecule has 0 bridgehead atoms. The molecule has 2 aromatic rings. The Bertz CT molecular complexity index is 658. The smallest absolute Gasteiger partial charge is 0.193 e. The van der Waals surface area contributed by atoms with E-state index in [0.717, 1.165) is 6.07 Å². The monoisotopic (exact) mass is 337 g/mol. The Morgan fingerprint density at radius 2 is 1.90 bits per heavy atom. The summed E-state index contributed by atoms with van der Waals surface area (Å²) in [4.78, 5) is 12.3. The SMILES string of the molecule is CCOc1ccc(C(=O)c2ccc(N)c(F)c2)cc1Br. The van der Waals surface area contributed by atoms with Gasteiger partial charge in [-0.2, -0.15) is 0 Å². The van der Waals surface area contributed by atoms with Gasteiger partial charge in [-0.3, -0.25) is 4.79 Å². The van der Waals surface area contributed by atoms with Crippen LogP contribution in [-0.4, -0.2) is 12.4 Å². The lowest BCUT2D eigenvalue weighted by Crippen LogP contribution is -2.03. The van der Waals surface area contributed by atoms with E-state index in [1.165, 1.54) is 12.1 Å². The van der Waals surface area contributed by atoms with Crippen LogP contribution in [0.3, 0.4) is 0 Å². The summed E-state index contributed by atoms with van der Waals surface area (Å²) in [5.41, 5.74) is 6.12. The molecule has 0 aliphatic rings. The number of carbonyl (C=O) groups is 1. The molecule has 104 valence electrons. The average Bonchev–Trinajstić information content (AvgIpc) is 2.43. The number of hydrogen-bond donors (Lipinski definition) is 1. The van der Waals surface area contributed by atoms with E-state index in [1.807, 2.05) is 6.92 Å². The Kier molecular flexibility index (Phi) is 4.39. The van der Waals surface area contributed by atoms with E-state index in [1.54, 1.807) is 18.2 Å². The van der Waals surface area contributed by atoms with Gasteiger partial charge in [0.2, 0.25) is 0 Å². The Hall–Kier alpha value is -1.88. The predicted molar refractivity (Wildman–Crippen MR) is 79.6 cm³/mol. The van der Waals surface area contributed by atoms with Crippen molar-refractivity contribution >= 4 is 27.4 Å². The summed E-state index contributed by atoms with van der Waals surface area (Å²) >= 11 is 3.34. The molecule has 0 atom stereocenters. The van der Waals surface area contributed by atoms with E-state index in [-0.39, 0.29) is 17.0 Å². The van der Waals surface area contributed by atoms with Crippen molar-refractivity contribution in [2.75, 3.05) is 12.3 Å². The number of rotatable bonds is 4. The van der Waals surface area contributed by atoms with Crippen molar-refractivity contribution in [3.63, 3.8) is 0 Å². The van der Waals surface area contributed by atoms with Gasteiger partial charge in [-0.15, -0.1) is 0 Å². The molecule has 2 aromatic carbocycles. The van der Waals surface area contributed by atoms with Crippen LogP contribution in [0.15, 0.2) is 40.9 Å². The van der Waals surface area contributed by atoms with Crippen LogP contribution in [0, 0.1) is 5.82 Å². The Morgan fingerprint density at radius 3 is 2.50 bits per heavy atom. The van der Waals surface area contributed by atoms with Gasteiger partial charge in [0, 0.05) is 11.1 Å². The number of nitrogens with two attached hydrogens (primary N) is 1. The fraction of sp³-hybridized carbons (Fsp3) is 0.133. The molecule has 2 N–H and O–H groups in total. The highest BCUT2D eigenvalue weighted by atomic mass is 79.9. The van der Waals surface area contributed by atoms with Crippen LogP contribution >= 0.6 is 15.9 Å². The lowest BCUT2D eigenvalue weighted by Gasteiger charge is -2.08. The molecule has 0 unspecified atom stereocenters. The van der Waals surface area contributed by atoms with Gasteiger partial charge < -0.3 is 10.5 Å². The van der Waals surface area contributed by atoms with Crippen molar-refractivity contribution in [3.8, 4) is 5.75 Å². The van der Waals surface area contributed by atoms with Crippen molar-refractivity contribution in [1.82, 2.24) is 0 Å². The van der Waals surface area contributed by atoms with Gasteiger partial charge >= 0.3 is 0 Å². The zero-order valence-corrected chi connectivity index (χ0v) is 12.4. The molecule has 0 saturated heterocycles. The maximum absolute atomic E-state index is 13.4. The van der Waals surface area contributed by atoms with E-state index in [4.69, 9.17) is 10.5 Å². The topological polar surface area (TPSA) is 52.3 Å². The van der Waals surface area contributed by atoms with E-state index in [2.05, 4.69) is 15.9 Å². The third-order valence-electron chi connectivity index (χ3n) is 2.76. The predicted octanol–water partition coefficient (Wildman–Crippen LogP) is 3.80. The standard InChI is InChI=1S/C15H13BrFNO2/c1-2-20-14-6-4-9(7-11(14)16)15(19)10-3-5-13(18)12(17)8-10/h3-8H,2,18H2,1H3. The largest absolute Gasteiger partial charge is 0.493 e. The van der Waals surface area contributed by atoms with Crippen molar-refractivity contribution < 1.29 is 13.9 Å². The normalized spacial score (nSPS) is 10.3. The molecule has 0 amide bonds. The van der Waals surface area contributed by atoms with Crippen molar-refractivity contribution in [3.05, 3.63) is 57.8 Å². The molecular weight excluding hydrogens is 325 g/mol. The summed E-state index contributed by atoms with van der Waals surface area (Å²) < 4.78 is 19.5. The number of hydrogen-bond acceptors (Lipinski definition) is 3. The summed E-state index contributed by atoms with van der Waals surface area (Å²) in [6.07, 6.45) is 0. The summed E-state index contributed by atoms with van der Waals surface area (Å²) in [5, 5.41) is 0. The quantitative estimate of drug-likeness (QED) is 0.681. The lowest BCUT2D eigenvalue weighted by molar-refractivity contribution is 0.103. The fourth-order valence-corrected chi connectivity index (χ4v) is 2.24. The lowest BCUT2D eigenvalue weighted by atomic mass is 10.0. The van der Waals surface area contributed by atoms with Gasteiger partial charge in [-0.05, 0) is 59.3 Å². The minimum Gasteiger partial charge on any atom is -0.493 e. The molecule has 0 aliphatic carbocycles. The molecule has 0 radical (unpaired) electrons. The summed E-state index contributed by atoms with van der Waals surface area (Å²) in [7, 11) is 0.